The van der Waals surface area contributed by atoms with Crippen LogP contribution in [0.15, 0.2) is 42.6 Å². The highest BCUT2D eigenvalue weighted by Gasteiger charge is 2.16. The lowest BCUT2D eigenvalue weighted by Crippen LogP contribution is -2.77. The highest BCUT2D eigenvalue weighted by molar-refractivity contribution is 6.44. The summed E-state index contributed by atoms with van der Waals surface area (Å²) in [7, 11) is 0. The summed E-state index contributed by atoms with van der Waals surface area (Å²) in [5.41, 5.74) is 5.66. The lowest BCUT2D eigenvalue weighted by Gasteiger charge is -2.06. The summed E-state index contributed by atoms with van der Waals surface area (Å²) in [5, 5.41) is 9.31. The number of hydrogen-bond donors (Lipinski definition) is 3. The Kier molecular flexibility index (Phi) is 4.17. The molecule has 2 rings (SSSR count). The minimum absolute atomic E-state index is 0.300. The SMILES string of the molecule is N=C(C(N)=O)c1cccnc1[NH2+]Cc1ccccc1F. The Morgan fingerprint density at radius 2 is 2.05 bits per heavy atom. The fraction of sp³-hybridized carbons (Fsp3) is 0.0714. The second-order valence-electron chi connectivity index (χ2n) is 4.18. The number of halogens is 1. The van der Waals surface area contributed by atoms with Gasteiger partial charge in [-0.15, -0.1) is 0 Å². The van der Waals surface area contributed by atoms with Crippen molar-refractivity contribution in [3.63, 3.8) is 0 Å². The summed E-state index contributed by atoms with van der Waals surface area (Å²) < 4.78 is 13.5. The van der Waals surface area contributed by atoms with E-state index in [0.717, 1.165) is 0 Å². The Labute approximate surface area is 115 Å². The van der Waals surface area contributed by atoms with Gasteiger partial charge in [-0.1, -0.05) is 18.2 Å². The highest BCUT2D eigenvalue weighted by Crippen LogP contribution is 2.08. The Morgan fingerprint density at radius 1 is 1.30 bits per heavy atom. The lowest BCUT2D eigenvalue weighted by molar-refractivity contribution is -0.592. The largest absolute Gasteiger partial charge is 0.364 e. The highest BCUT2D eigenvalue weighted by atomic mass is 19.1. The van der Waals surface area contributed by atoms with Crippen LogP contribution >= 0.6 is 0 Å². The molecule has 1 heterocycles. The molecule has 5 N–H and O–H groups in total. The van der Waals surface area contributed by atoms with Crippen LogP contribution in [0.3, 0.4) is 0 Å². The van der Waals surface area contributed by atoms with E-state index >= 15 is 0 Å². The van der Waals surface area contributed by atoms with Gasteiger partial charge in [-0.05, 0) is 18.2 Å². The predicted octanol–water partition coefficient (Wildman–Crippen LogP) is 0.469. The van der Waals surface area contributed by atoms with Gasteiger partial charge in [-0.3, -0.25) is 15.5 Å². The number of benzene rings is 1. The molecule has 0 fully saturated rings. The van der Waals surface area contributed by atoms with E-state index in [0.29, 0.717) is 23.5 Å². The van der Waals surface area contributed by atoms with Crippen molar-refractivity contribution in [3.05, 3.63) is 59.5 Å². The molecule has 0 saturated carbocycles. The molecule has 20 heavy (non-hydrogen) atoms. The Morgan fingerprint density at radius 3 is 2.75 bits per heavy atom. The third kappa shape index (κ3) is 3.04. The number of hydrogen-bond acceptors (Lipinski definition) is 3. The minimum atomic E-state index is -0.821. The molecule has 2 aromatic rings. The van der Waals surface area contributed by atoms with Crippen LogP contribution in [-0.2, 0) is 11.3 Å². The summed E-state index contributed by atoms with van der Waals surface area (Å²) in [6.45, 7) is 0.322. The fourth-order valence-corrected chi connectivity index (χ4v) is 1.79. The molecular weight excluding hydrogens is 259 g/mol. The van der Waals surface area contributed by atoms with Crippen molar-refractivity contribution in [2.45, 2.75) is 6.54 Å². The molecule has 102 valence electrons. The Bertz CT molecular complexity index is 657. The van der Waals surface area contributed by atoms with Crippen LogP contribution < -0.4 is 11.1 Å². The molecule has 0 bridgehead atoms. The molecule has 0 aliphatic rings. The predicted molar refractivity (Wildman–Crippen MR) is 71.9 cm³/mol. The van der Waals surface area contributed by atoms with Crippen LogP contribution in [0.2, 0.25) is 0 Å². The van der Waals surface area contributed by atoms with Crippen LogP contribution in [0.25, 0.3) is 0 Å². The summed E-state index contributed by atoms with van der Waals surface area (Å²) >= 11 is 0. The Hall–Kier alpha value is -2.60. The first-order valence-electron chi connectivity index (χ1n) is 6.00. The van der Waals surface area contributed by atoms with Crippen molar-refractivity contribution in [2.24, 2.45) is 5.73 Å². The maximum Gasteiger partial charge on any atom is 0.267 e. The normalized spacial score (nSPS) is 10.2. The first kappa shape index (κ1) is 13.8. The average Bonchev–Trinajstić information content (AvgIpc) is 2.46. The number of rotatable bonds is 5. The molecule has 0 aliphatic heterocycles. The zero-order chi connectivity index (χ0) is 14.5. The van der Waals surface area contributed by atoms with Gasteiger partial charge in [0.15, 0.2) is 0 Å². The molecule has 0 spiro atoms. The van der Waals surface area contributed by atoms with Gasteiger partial charge in [-0.25, -0.2) is 9.37 Å². The van der Waals surface area contributed by atoms with E-state index in [1.165, 1.54) is 6.07 Å². The van der Waals surface area contributed by atoms with Gasteiger partial charge in [-0.2, -0.15) is 0 Å². The number of aromatic nitrogens is 1. The fourth-order valence-electron chi connectivity index (χ4n) is 1.79. The maximum absolute atomic E-state index is 13.5. The molecule has 0 unspecified atom stereocenters. The van der Waals surface area contributed by atoms with E-state index < -0.39 is 5.91 Å². The number of quaternary nitrogens is 1. The van der Waals surface area contributed by atoms with Crippen LogP contribution in [0.4, 0.5) is 10.2 Å². The van der Waals surface area contributed by atoms with E-state index in [9.17, 15) is 9.18 Å². The zero-order valence-electron chi connectivity index (χ0n) is 10.6. The minimum Gasteiger partial charge on any atom is -0.364 e. The number of nitrogens with one attached hydrogen (secondary N) is 1. The van der Waals surface area contributed by atoms with Gasteiger partial charge < -0.3 is 5.73 Å². The van der Waals surface area contributed by atoms with Crippen molar-refractivity contribution in [2.75, 3.05) is 0 Å². The molecular formula is C14H14FN4O+. The van der Waals surface area contributed by atoms with E-state index in [4.69, 9.17) is 11.1 Å². The van der Waals surface area contributed by atoms with Crippen LogP contribution in [-0.4, -0.2) is 16.6 Å². The number of amides is 1. The van der Waals surface area contributed by atoms with Crippen molar-refractivity contribution < 1.29 is 14.5 Å². The van der Waals surface area contributed by atoms with Crippen molar-refractivity contribution >= 4 is 17.4 Å². The van der Waals surface area contributed by atoms with E-state index in [1.807, 2.05) is 0 Å². The van der Waals surface area contributed by atoms with Crippen molar-refractivity contribution in [1.82, 2.24) is 4.98 Å². The lowest BCUT2D eigenvalue weighted by atomic mass is 10.1. The van der Waals surface area contributed by atoms with Crippen LogP contribution in [0.5, 0.6) is 0 Å². The molecule has 0 radical (unpaired) electrons. The number of nitrogens with zero attached hydrogens (tertiary/aromatic N) is 1. The standard InChI is InChI=1S/C14H13FN4O/c15-11-6-2-1-4-9(11)8-19-14-10(5-3-7-18-14)12(16)13(17)20/h1-7,16H,8H2,(H2,17,20)(H,18,19)/p+1. The van der Waals surface area contributed by atoms with Gasteiger partial charge in [0.25, 0.3) is 5.91 Å². The van der Waals surface area contributed by atoms with Gasteiger partial charge in [0.1, 0.15) is 18.1 Å². The van der Waals surface area contributed by atoms with Gasteiger partial charge in [0.05, 0.1) is 5.56 Å². The quantitative estimate of drug-likeness (QED) is 0.690. The summed E-state index contributed by atoms with van der Waals surface area (Å²) in [4.78, 5) is 15.2. The monoisotopic (exact) mass is 273 g/mol. The van der Waals surface area contributed by atoms with E-state index in [2.05, 4.69) is 4.98 Å². The molecule has 0 saturated heterocycles. The number of nitrogens with two attached hydrogens (primary N) is 2. The second kappa shape index (κ2) is 6.03. The molecule has 0 atom stereocenters. The Balaban J connectivity index is 2.20. The summed E-state index contributed by atoms with van der Waals surface area (Å²) in [6, 6.07) is 9.63. The zero-order valence-corrected chi connectivity index (χ0v) is 10.6. The van der Waals surface area contributed by atoms with E-state index in [1.54, 1.807) is 41.8 Å². The smallest absolute Gasteiger partial charge is 0.267 e. The van der Waals surface area contributed by atoms with Gasteiger partial charge >= 0.3 is 0 Å². The van der Waals surface area contributed by atoms with Crippen LogP contribution in [0, 0.1) is 11.2 Å². The summed E-state index contributed by atoms with van der Waals surface area (Å²) in [6.07, 6.45) is 1.55. The van der Waals surface area contributed by atoms with E-state index in [-0.39, 0.29) is 11.5 Å². The molecule has 6 heteroatoms. The summed E-state index contributed by atoms with van der Waals surface area (Å²) in [5.74, 6) is -0.677. The molecule has 1 aromatic heterocycles. The van der Waals surface area contributed by atoms with Gasteiger partial charge in [0, 0.05) is 11.8 Å². The van der Waals surface area contributed by atoms with Crippen molar-refractivity contribution in [1.29, 1.82) is 5.41 Å². The molecule has 1 aromatic carbocycles. The molecule has 5 nitrogen and oxygen atoms in total. The third-order valence-corrected chi connectivity index (χ3v) is 2.83. The number of pyridine rings is 1. The van der Waals surface area contributed by atoms with Gasteiger partial charge in [0.2, 0.25) is 5.82 Å². The first-order chi connectivity index (χ1) is 9.59. The topological polar surface area (TPSA) is 96.4 Å². The number of carbonyl (C=O) groups excluding carboxylic acids is 1. The maximum atomic E-state index is 13.5. The third-order valence-electron chi connectivity index (χ3n) is 2.83. The van der Waals surface area contributed by atoms with Crippen molar-refractivity contribution in [3.8, 4) is 0 Å². The second-order valence-corrected chi connectivity index (χ2v) is 4.18. The van der Waals surface area contributed by atoms with Crippen LogP contribution in [0.1, 0.15) is 11.1 Å². The number of primary amides is 1. The average molecular weight is 273 g/mol. The molecule has 0 aliphatic carbocycles. The number of carbonyl (C=O) groups is 1. The first-order valence-corrected chi connectivity index (χ1v) is 6.00. The molecule has 1 amide bonds.